The summed E-state index contributed by atoms with van der Waals surface area (Å²) in [5.74, 6) is 0. The zero-order chi connectivity index (χ0) is 7.98. The van der Waals surface area contributed by atoms with E-state index in [1.807, 2.05) is 0 Å². The molecule has 60 valence electrons. The zero-order valence-corrected chi connectivity index (χ0v) is 7.00. The van der Waals surface area contributed by atoms with E-state index in [0.29, 0.717) is 12.6 Å². The first kappa shape index (κ1) is 9.56. The van der Waals surface area contributed by atoms with Crippen LogP contribution in [0.1, 0.15) is 20.3 Å². The van der Waals surface area contributed by atoms with Gasteiger partial charge in [-0.2, -0.15) is 4.91 Å². The number of rotatable bonds is 5. The van der Waals surface area contributed by atoms with E-state index in [9.17, 15) is 4.91 Å². The molecule has 0 amide bonds. The Morgan fingerprint density at radius 1 is 1.50 bits per heavy atom. The molecule has 0 saturated carbocycles. The second kappa shape index (κ2) is 5.35. The Labute approximate surface area is 62.4 Å². The van der Waals surface area contributed by atoms with E-state index in [1.54, 1.807) is 0 Å². The quantitative estimate of drug-likeness (QED) is 0.432. The van der Waals surface area contributed by atoms with Crippen molar-refractivity contribution in [2.45, 2.75) is 26.3 Å². The molecule has 3 nitrogen and oxygen atoms in total. The molecule has 0 bridgehead atoms. The van der Waals surface area contributed by atoms with Crippen molar-refractivity contribution in [3.63, 3.8) is 0 Å². The van der Waals surface area contributed by atoms with Crippen molar-refractivity contribution in [1.29, 1.82) is 0 Å². The Morgan fingerprint density at radius 2 is 2.10 bits per heavy atom. The third-order valence-electron chi connectivity index (χ3n) is 1.64. The average Bonchev–Trinajstić information content (AvgIpc) is 1.88. The van der Waals surface area contributed by atoms with E-state index in [2.05, 4.69) is 31.0 Å². The highest BCUT2D eigenvalue weighted by Crippen LogP contribution is 1.94. The highest BCUT2D eigenvalue weighted by atomic mass is 16.3. The second-order valence-corrected chi connectivity index (χ2v) is 2.78. The first-order chi connectivity index (χ1) is 4.68. The minimum atomic E-state index is 0.442. The Kier molecular flexibility index (Phi) is 5.12. The fraction of sp³-hybridized carbons (Fsp3) is 1.00. The predicted octanol–water partition coefficient (Wildman–Crippen LogP) is 1.48. The van der Waals surface area contributed by atoms with Gasteiger partial charge in [0.05, 0.1) is 6.54 Å². The highest BCUT2D eigenvalue weighted by molar-refractivity contribution is 4.57. The van der Waals surface area contributed by atoms with Gasteiger partial charge in [-0.1, -0.05) is 5.18 Å². The summed E-state index contributed by atoms with van der Waals surface area (Å²) >= 11 is 0. The minimum absolute atomic E-state index is 0.442. The molecular weight excluding hydrogens is 128 g/mol. The van der Waals surface area contributed by atoms with Gasteiger partial charge in [-0.25, -0.2) is 0 Å². The summed E-state index contributed by atoms with van der Waals surface area (Å²) in [5.41, 5.74) is 0. The Morgan fingerprint density at radius 3 is 2.50 bits per heavy atom. The van der Waals surface area contributed by atoms with E-state index in [1.165, 1.54) is 0 Å². The van der Waals surface area contributed by atoms with Gasteiger partial charge >= 0.3 is 0 Å². The fourth-order valence-electron chi connectivity index (χ4n) is 0.643. The van der Waals surface area contributed by atoms with Crippen LogP contribution in [-0.4, -0.2) is 31.1 Å². The van der Waals surface area contributed by atoms with E-state index < -0.39 is 0 Å². The Hall–Kier alpha value is -0.440. The van der Waals surface area contributed by atoms with Crippen LogP contribution in [0, 0.1) is 4.91 Å². The van der Waals surface area contributed by atoms with Crippen molar-refractivity contribution >= 4 is 0 Å². The largest absolute Gasteiger partial charge is 0.304 e. The molecule has 10 heavy (non-hydrogen) atoms. The predicted molar refractivity (Wildman–Crippen MR) is 43.0 cm³/mol. The molecule has 0 saturated heterocycles. The van der Waals surface area contributed by atoms with Crippen molar-refractivity contribution in [1.82, 2.24) is 4.90 Å². The lowest BCUT2D eigenvalue weighted by molar-refractivity contribution is 0.272. The van der Waals surface area contributed by atoms with Gasteiger partial charge in [0.2, 0.25) is 0 Å². The van der Waals surface area contributed by atoms with Crippen molar-refractivity contribution in [3.05, 3.63) is 4.91 Å². The molecule has 3 heteroatoms. The summed E-state index contributed by atoms with van der Waals surface area (Å²) in [6, 6.07) is 0.562. The molecule has 0 rings (SSSR count). The molecule has 0 heterocycles. The first-order valence-electron chi connectivity index (χ1n) is 3.68. The van der Waals surface area contributed by atoms with Crippen molar-refractivity contribution in [2.24, 2.45) is 5.18 Å². The van der Waals surface area contributed by atoms with Gasteiger partial charge in [0.25, 0.3) is 0 Å². The lowest BCUT2D eigenvalue weighted by Crippen LogP contribution is -2.27. The van der Waals surface area contributed by atoms with Crippen molar-refractivity contribution in [2.75, 3.05) is 20.1 Å². The molecule has 0 aliphatic carbocycles. The molecule has 0 unspecified atom stereocenters. The van der Waals surface area contributed by atoms with Crippen LogP contribution in [-0.2, 0) is 0 Å². The SMILES string of the molecule is CC(C)N(C)CCCN=O. The molecule has 0 aromatic carbocycles. The number of hydrogen-bond acceptors (Lipinski definition) is 3. The maximum atomic E-state index is 9.69. The zero-order valence-electron chi connectivity index (χ0n) is 7.00. The van der Waals surface area contributed by atoms with Crippen LogP contribution in [0.3, 0.4) is 0 Å². The number of nitrogens with zero attached hydrogens (tertiary/aromatic N) is 2. The third kappa shape index (κ3) is 4.44. The summed E-state index contributed by atoms with van der Waals surface area (Å²) in [7, 11) is 2.05. The smallest absolute Gasteiger partial charge is 0.0823 e. The van der Waals surface area contributed by atoms with Gasteiger partial charge in [-0.3, -0.25) is 0 Å². The Balaban J connectivity index is 3.21. The second-order valence-electron chi connectivity index (χ2n) is 2.78. The average molecular weight is 144 g/mol. The summed E-state index contributed by atoms with van der Waals surface area (Å²) in [4.78, 5) is 11.9. The van der Waals surface area contributed by atoms with Crippen LogP contribution in [0.5, 0.6) is 0 Å². The summed E-state index contributed by atoms with van der Waals surface area (Å²) in [6.45, 7) is 5.67. The van der Waals surface area contributed by atoms with Crippen molar-refractivity contribution < 1.29 is 0 Å². The molecule has 0 aromatic rings. The normalized spacial score (nSPS) is 10.9. The number of hydrogen-bond donors (Lipinski definition) is 0. The molecule has 0 fully saturated rings. The topological polar surface area (TPSA) is 32.7 Å². The van der Waals surface area contributed by atoms with Gasteiger partial charge in [0, 0.05) is 6.04 Å². The van der Waals surface area contributed by atoms with E-state index in [0.717, 1.165) is 13.0 Å². The van der Waals surface area contributed by atoms with Crippen LogP contribution in [0.25, 0.3) is 0 Å². The van der Waals surface area contributed by atoms with Crippen molar-refractivity contribution in [3.8, 4) is 0 Å². The van der Waals surface area contributed by atoms with Crippen LogP contribution in [0.4, 0.5) is 0 Å². The molecule has 0 N–H and O–H groups in total. The number of nitroso groups, excluding NO2 is 1. The Bertz CT molecular complexity index is 93.6. The monoisotopic (exact) mass is 144 g/mol. The molecule has 0 aliphatic rings. The highest BCUT2D eigenvalue weighted by Gasteiger charge is 2.00. The van der Waals surface area contributed by atoms with E-state index in [4.69, 9.17) is 0 Å². The van der Waals surface area contributed by atoms with Gasteiger partial charge in [-0.05, 0) is 33.9 Å². The van der Waals surface area contributed by atoms with E-state index >= 15 is 0 Å². The summed E-state index contributed by atoms with van der Waals surface area (Å²) in [5, 5.41) is 2.79. The molecule has 0 spiro atoms. The summed E-state index contributed by atoms with van der Waals surface area (Å²) < 4.78 is 0. The maximum Gasteiger partial charge on any atom is 0.0823 e. The molecule has 0 radical (unpaired) electrons. The molecular formula is C7H16N2O. The van der Waals surface area contributed by atoms with Crippen LogP contribution in [0.15, 0.2) is 5.18 Å². The molecule has 0 atom stereocenters. The lowest BCUT2D eigenvalue weighted by Gasteiger charge is -2.19. The minimum Gasteiger partial charge on any atom is -0.304 e. The van der Waals surface area contributed by atoms with Crippen LogP contribution in [0.2, 0.25) is 0 Å². The van der Waals surface area contributed by atoms with Gasteiger partial charge in [0.1, 0.15) is 0 Å². The van der Waals surface area contributed by atoms with Gasteiger partial charge in [-0.15, -0.1) is 0 Å². The summed E-state index contributed by atoms with van der Waals surface area (Å²) in [6.07, 6.45) is 0.873. The van der Waals surface area contributed by atoms with Crippen LogP contribution >= 0.6 is 0 Å². The molecule has 0 aromatic heterocycles. The van der Waals surface area contributed by atoms with E-state index in [-0.39, 0.29) is 0 Å². The third-order valence-corrected chi connectivity index (χ3v) is 1.64. The lowest BCUT2D eigenvalue weighted by atomic mass is 10.3. The van der Waals surface area contributed by atoms with Gasteiger partial charge in [0.15, 0.2) is 0 Å². The standard InChI is InChI=1S/C7H16N2O/c1-7(2)9(3)6-4-5-8-10/h7H,4-6H2,1-3H3. The van der Waals surface area contributed by atoms with Gasteiger partial charge < -0.3 is 4.90 Å². The van der Waals surface area contributed by atoms with Crippen LogP contribution < -0.4 is 0 Å². The maximum absolute atomic E-state index is 9.69. The fourth-order valence-corrected chi connectivity index (χ4v) is 0.643. The molecule has 0 aliphatic heterocycles. The first-order valence-corrected chi connectivity index (χ1v) is 3.68.